The average molecular weight is 324 g/mol. The summed E-state index contributed by atoms with van der Waals surface area (Å²) in [4.78, 5) is 35.4. The van der Waals surface area contributed by atoms with E-state index in [0.29, 0.717) is 29.0 Å². The van der Waals surface area contributed by atoms with E-state index in [-0.39, 0.29) is 23.7 Å². The number of aliphatic imine (C=N–C) groups is 3. The molecule has 3 aliphatic heterocycles. The number of fused-ring (bicyclic) bond motifs is 1. The molecule has 0 aromatic rings. The van der Waals surface area contributed by atoms with Crippen LogP contribution >= 0.6 is 15.9 Å². The summed E-state index contributed by atoms with van der Waals surface area (Å²) in [5.41, 5.74) is 6.17. The lowest BCUT2D eigenvalue weighted by Crippen LogP contribution is -2.34. The molecule has 7 nitrogen and oxygen atoms in total. The van der Waals surface area contributed by atoms with Crippen LogP contribution in [-0.2, 0) is 9.59 Å². The Bertz CT molecular complexity index is 604. The first kappa shape index (κ1) is 12.2. The first-order chi connectivity index (χ1) is 9.06. The van der Waals surface area contributed by atoms with Gasteiger partial charge in [0.15, 0.2) is 0 Å². The Balaban J connectivity index is 1.98. The van der Waals surface area contributed by atoms with Crippen LogP contribution in [0.1, 0.15) is 6.42 Å². The number of allylic oxidation sites excluding steroid dienone is 1. The summed E-state index contributed by atoms with van der Waals surface area (Å²) in [7, 11) is 0. The number of rotatable bonds is 1. The molecule has 3 N–H and O–H groups in total. The second-order valence-corrected chi connectivity index (χ2v) is 5.25. The van der Waals surface area contributed by atoms with E-state index in [4.69, 9.17) is 5.73 Å². The Morgan fingerprint density at radius 2 is 2.05 bits per heavy atom. The van der Waals surface area contributed by atoms with Crippen LogP contribution in [0.3, 0.4) is 0 Å². The topological polar surface area (TPSA) is 109 Å². The number of nitrogens with zero attached hydrogens (tertiary/aromatic N) is 3. The van der Waals surface area contributed by atoms with E-state index in [2.05, 4.69) is 36.2 Å². The highest BCUT2D eigenvalue weighted by Gasteiger charge is 2.40. The fourth-order valence-electron chi connectivity index (χ4n) is 2.48. The minimum Gasteiger partial charge on any atom is -0.368 e. The molecule has 2 amide bonds. The molecule has 0 saturated carbocycles. The SMILES string of the molecule is NC1=NC(=O)C([C@H]2CCNC(=O)C3=NC(Br)=C[C@H]32)=N1. The summed E-state index contributed by atoms with van der Waals surface area (Å²) in [6, 6.07) is 0. The number of carbonyl (C=O) groups excluding carboxylic acids is 2. The average Bonchev–Trinajstić information content (AvgIpc) is 2.84. The molecule has 1 saturated heterocycles. The molecule has 0 aromatic carbocycles. The molecule has 3 heterocycles. The highest BCUT2D eigenvalue weighted by atomic mass is 79.9. The standard InChI is InChI=1S/C11H10BrN5O2/c12-6-3-5-4(7-10(19)17-11(13)16-7)1-2-14-9(18)8(5)15-6/h3-5H,1-2H2,(H,14,18)(H2,13,17,19)/t4-,5-/m0/s1. The van der Waals surface area contributed by atoms with E-state index in [9.17, 15) is 9.59 Å². The van der Waals surface area contributed by atoms with Crippen molar-refractivity contribution in [1.82, 2.24) is 5.32 Å². The predicted octanol–water partition coefficient (Wildman–Crippen LogP) is -0.274. The number of hydrogen-bond donors (Lipinski definition) is 2. The quantitative estimate of drug-likeness (QED) is 0.648. The molecule has 0 bridgehead atoms. The van der Waals surface area contributed by atoms with Gasteiger partial charge in [-0.2, -0.15) is 4.99 Å². The van der Waals surface area contributed by atoms with Gasteiger partial charge in [0.05, 0.1) is 0 Å². The van der Waals surface area contributed by atoms with Gasteiger partial charge in [-0.1, -0.05) is 0 Å². The summed E-state index contributed by atoms with van der Waals surface area (Å²) in [6.45, 7) is 0.469. The molecule has 0 aliphatic carbocycles. The van der Waals surface area contributed by atoms with E-state index in [0.717, 1.165) is 0 Å². The second-order valence-electron chi connectivity index (χ2n) is 4.44. The highest BCUT2D eigenvalue weighted by molar-refractivity contribution is 9.11. The Morgan fingerprint density at radius 1 is 1.26 bits per heavy atom. The van der Waals surface area contributed by atoms with Crippen molar-refractivity contribution >= 4 is 45.1 Å². The molecular weight excluding hydrogens is 314 g/mol. The lowest BCUT2D eigenvalue weighted by atomic mass is 9.83. The van der Waals surface area contributed by atoms with Crippen molar-refractivity contribution in [2.45, 2.75) is 6.42 Å². The van der Waals surface area contributed by atoms with E-state index < -0.39 is 5.91 Å². The van der Waals surface area contributed by atoms with Crippen LogP contribution in [0.2, 0.25) is 0 Å². The van der Waals surface area contributed by atoms with E-state index in [1.165, 1.54) is 0 Å². The number of amides is 2. The third kappa shape index (κ3) is 2.01. The van der Waals surface area contributed by atoms with Crippen molar-refractivity contribution in [3.05, 3.63) is 10.7 Å². The maximum atomic E-state index is 11.9. The van der Waals surface area contributed by atoms with E-state index in [1.807, 2.05) is 6.08 Å². The molecular formula is C11H10BrN5O2. The van der Waals surface area contributed by atoms with Crippen LogP contribution in [0.4, 0.5) is 0 Å². The lowest BCUT2D eigenvalue weighted by Gasteiger charge is -2.18. The normalized spacial score (nSPS) is 29.9. The van der Waals surface area contributed by atoms with Crippen LogP contribution in [0, 0.1) is 11.8 Å². The molecule has 2 atom stereocenters. The second kappa shape index (κ2) is 4.37. The summed E-state index contributed by atoms with van der Waals surface area (Å²) in [5, 5.41) is 2.76. The molecule has 3 aliphatic rings. The van der Waals surface area contributed by atoms with Gasteiger partial charge in [-0.3, -0.25) is 9.59 Å². The van der Waals surface area contributed by atoms with Crippen LogP contribution in [0.5, 0.6) is 0 Å². The minimum absolute atomic E-state index is 0.0249. The molecule has 0 unspecified atom stereocenters. The van der Waals surface area contributed by atoms with Gasteiger partial charge in [-0.15, -0.1) is 0 Å². The molecule has 98 valence electrons. The van der Waals surface area contributed by atoms with Gasteiger partial charge in [0.2, 0.25) is 5.96 Å². The maximum absolute atomic E-state index is 11.9. The number of carbonyl (C=O) groups is 2. The monoisotopic (exact) mass is 323 g/mol. The molecule has 1 fully saturated rings. The third-order valence-electron chi connectivity index (χ3n) is 3.29. The van der Waals surface area contributed by atoms with E-state index >= 15 is 0 Å². The van der Waals surface area contributed by atoms with Crippen molar-refractivity contribution in [1.29, 1.82) is 0 Å². The Hall–Kier alpha value is -1.83. The number of nitrogens with two attached hydrogens (primary N) is 1. The Morgan fingerprint density at radius 3 is 2.74 bits per heavy atom. The molecule has 3 rings (SSSR count). The predicted molar refractivity (Wildman–Crippen MR) is 73.1 cm³/mol. The number of hydrogen-bond acceptors (Lipinski definition) is 5. The molecule has 0 radical (unpaired) electrons. The van der Waals surface area contributed by atoms with Gasteiger partial charge < -0.3 is 11.1 Å². The fourth-order valence-corrected chi connectivity index (χ4v) is 2.96. The number of guanidine groups is 1. The van der Waals surface area contributed by atoms with Gasteiger partial charge in [0.1, 0.15) is 16.0 Å². The summed E-state index contributed by atoms with van der Waals surface area (Å²) in [6.07, 6.45) is 2.41. The maximum Gasteiger partial charge on any atom is 0.295 e. The zero-order chi connectivity index (χ0) is 13.6. The van der Waals surface area contributed by atoms with Crippen molar-refractivity contribution in [3.63, 3.8) is 0 Å². The molecule has 19 heavy (non-hydrogen) atoms. The van der Waals surface area contributed by atoms with Gasteiger partial charge in [-0.25, -0.2) is 9.98 Å². The van der Waals surface area contributed by atoms with E-state index in [1.54, 1.807) is 0 Å². The molecule has 8 heteroatoms. The van der Waals surface area contributed by atoms with Crippen molar-refractivity contribution < 1.29 is 9.59 Å². The first-order valence-electron chi connectivity index (χ1n) is 5.77. The summed E-state index contributed by atoms with van der Waals surface area (Å²) < 4.78 is 0.592. The number of halogens is 1. The largest absolute Gasteiger partial charge is 0.368 e. The van der Waals surface area contributed by atoms with Gasteiger partial charge in [0, 0.05) is 18.4 Å². The zero-order valence-electron chi connectivity index (χ0n) is 9.76. The summed E-state index contributed by atoms with van der Waals surface area (Å²) >= 11 is 3.26. The van der Waals surface area contributed by atoms with Gasteiger partial charge >= 0.3 is 0 Å². The van der Waals surface area contributed by atoms with Gasteiger partial charge in [-0.05, 0) is 28.4 Å². The van der Waals surface area contributed by atoms with Crippen LogP contribution in [0.15, 0.2) is 25.7 Å². The van der Waals surface area contributed by atoms with Crippen molar-refractivity contribution in [2.75, 3.05) is 6.54 Å². The van der Waals surface area contributed by atoms with Crippen LogP contribution < -0.4 is 11.1 Å². The number of nitrogens with one attached hydrogen (secondary N) is 1. The van der Waals surface area contributed by atoms with Crippen molar-refractivity contribution in [3.8, 4) is 0 Å². The fraction of sp³-hybridized carbons (Fsp3) is 0.364. The highest BCUT2D eigenvalue weighted by Crippen LogP contribution is 2.32. The smallest absolute Gasteiger partial charge is 0.295 e. The van der Waals surface area contributed by atoms with Crippen LogP contribution in [-0.4, -0.2) is 35.7 Å². The molecule has 0 aromatic heterocycles. The third-order valence-corrected chi connectivity index (χ3v) is 3.73. The Labute approximate surface area is 116 Å². The summed E-state index contributed by atoms with van der Waals surface area (Å²) in [5.74, 6) is -1.15. The Kier molecular flexibility index (Phi) is 2.81. The zero-order valence-corrected chi connectivity index (χ0v) is 11.3. The first-order valence-corrected chi connectivity index (χ1v) is 6.57. The lowest BCUT2D eigenvalue weighted by molar-refractivity contribution is -0.115. The van der Waals surface area contributed by atoms with Gasteiger partial charge in [0.25, 0.3) is 11.8 Å². The minimum atomic E-state index is -0.423. The molecule has 0 spiro atoms. The van der Waals surface area contributed by atoms with Crippen LogP contribution in [0.25, 0.3) is 0 Å². The van der Waals surface area contributed by atoms with Crippen molar-refractivity contribution in [2.24, 2.45) is 32.5 Å².